The fourth-order valence-corrected chi connectivity index (χ4v) is 12.0. The van der Waals surface area contributed by atoms with Crippen molar-refractivity contribution < 1.29 is 37.1 Å². The Balaban J connectivity index is 0.938. The largest absolute Gasteiger partial charge is 0.475 e. The van der Waals surface area contributed by atoms with Crippen LogP contribution in [-0.2, 0) is 10.0 Å². The van der Waals surface area contributed by atoms with Gasteiger partial charge in [-0.2, -0.15) is 4.98 Å². The molecule has 5 aromatic rings. The molecule has 19 heteroatoms. The van der Waals surface area contributed by atoms with Crippen LogP contribution in [-0.4, -0.2) is 114 Å². The standard InChI is InChI=1S/C51H64FN9O8S/c1-6-68-49-45(25-40-41(52)30-55-46(40)56-49)69-44-23-34(59-19-17-51(18-20-59)26-35(27-51)60-22-21-58(5)31-43(60)38-10-8-7-9-37(38)32(2)3)11-12-39(44)48(62)57-70(66,67)36-24-42(61(64)65)47(54-29-36)53-28-33-13-15-50(4,63)16-14-33/h7-12,23-25,29-30,32-33,35,43,63H,6,13-22,26-28,31H2,1-5H3,(H,53,54)(H,55,56)(H,57,62)/t33?,43-,50?/m0/s1. The Morgan fingerprint density at radius 3 is 2.50 bits per heavy atom. The zero-order valence-corrected chi connectivity index (χ0v) is 41.4. The molecule has 4 aliphatic rings. The van der Waals surface area contributed by atoms with Crippen LogP contribution in [0, 0.1) is 27.3 Å². The van der Waals surface area contributed by atoms with E-state index >= 15 is 0 Å². The normalized spacial score (nSPS) is 22.3. The number of rotatable bonds is 15. The molecule has 2 saturated carbocycles. The number of piperazine rings is 1. The van der Waals surface area contributed by atoms with Crippen molar-refractivity contribution in [2.75, 3.05) is 63.1 Å². The summed E-state index contributed by atoms with van der Waals surface area (Å²) in [7, 11) is -2.51. The van der Waals surface area contributed by atoms with Gasteiger partial charge >= 0.3 is 5.69 Å². The van der Waals surface area contributed by atoms with Gasteiger partial charge in [-0.3, -0.25) is 19.8 Å². The maximum absolute atomic E-state index is 14.9. The van der Waals surface area contributed by atoms with E-state index in [2.05, 4.69) is 84.9 Å². The summed E-state index contributed by atoms with van der Waals surface area (Å²) in [6.07, 6.45) is 8.94. The van der Waals surface area contributed by atoms with Gasteiger partial charge < -0.3 is 34.7 Å². The van der Waals surface area contributed by atoms with Gasteiger partial charge in [-0.25, -0.2) is 22.5 Å². The molecule has 374 valence electrons. The Bertz CT molecular complexity index is 2850. The molecule has 0 radical (unpaired) electrons. The quantitative estimate of drug-likeness (QED) is 0.0573. The maximum atomic E-state index is 14.9. The van der Waals surface area contributed by atoms with Gasteiger partial charge in [0.1, 0.15) is 22.1 Å². The molecule has 0 unspecified atom stereocenters. The molecule has 0 bridgehead atoms. The van der Waals surface area contributed by atoms with E-state index in [9.17, 15) is 32.8 Å². The first-order chi connectivity index (χ1) is 33.4. The van der Waals surface area contributed by atoms with Gasteiger partial charge in [-0.15, -0.1) is 0 Å². The Morgan fingerprint density at radius 2 is 1.79 bits per heavy atom. The monoisotopic (exact) mass is 981 g/mol. The van der Waals surface area contributed by atoms with Gasteiger partial charge in [0, 0.05) is 81.4 Å². The van der Waals surface area contributed by atoms with E-state index < -0.39 is 42.9 Å². The fraction of sp³-hybridized carbons (Fsp3) is 0.510. The van der Waals surface area contributed by atoms with Crippen LogP contribution < -0.4 is 24.4 Å². The first-order valence-corrected chi connectivity index (χ1v) is 26.0. The SMILES string of the molecule is CCOc1nc2[nH]cc(F)c2cc1Oc1cc(N2CCC3(CC2)CC(N2CCN(C)C[C@H]2c2ccccc2C(C)C)C3)ccc1C(=O)NS(=O)(=O)c1cnc(NCC2CCC(C)(O)CC2)c([N+](=O)[O-])c1. The molecular formula is C51H64FN9O8S. The van der Waals surface area contributed by atoms with E-state index in [0.717, 1.165) is 82.6 Å². The van der Waals surface area contributed by atoms with E-state index in [1.807, 2.05) is 0 Å². The molecule has 1 amide bonds. The van der Waals surface area contributed by atoms with Crippen LogP contribution >= 0.6 is 0 Å². The van der Waals surface area contributed by atoms with Crippen LogP contribution in [0.15, 0.2) is 71.9 Å². The number of aromatic amines is 1. The lowest BCUT2D eigenvalue weighted by Gasteiger charge is -2.58. The van der Waals surface area contributed by atoms with Crippen molar-refractivity contribution in [3.05, 3.63) is 99.6 Å². The van der Waals surface area contributed by atoms with Crippen LogP contribution in [0.25, 0.3) is 11.0 Å². The van der Waals surface area contributed by atoms with Crippen molar-refractivity contribution >= 4 is 44.2 Å². The van der Waals surface area contributed by atoms with E-state index in [4.69, 9.17) is 9.47 Å². The van der Waals surface area contributed by atoms with Crippen LogP contribution in [0.3, 0.4) is 0 Å². The number of pyridine rings is 2. The highest BCUT2D eigenvalue weighted by molar-refractivity contribution is 7.90. The smallest absolute Gasteiger partial charge is 0.312 e. The minimum Gasteiger partial charge on any atom is -0.475 e. The minimum absolute atomic E-state index is 0.000221. The number of hydrogen-bond acceptors (Lipinski definition) is 14. The molecule has 4 fully saturated rings. The Kier molecular flexibility index (Phi) is 13.8. The zero-order valence-electron chi connectivity index (χ0n) is 40.5. The summed E-state index contributed by atoms with van der Waals surface area (Å²) in [5.74, 6) is -1.20. The highest BCUT2D eigenvalue weighted by Crippen LogP contribution is 2.53. The van der Waals surface area contributed by atoms with Crippen molar-refractivity contribution in [2.45, 2.75) is 108 Å². The van der Waals surface area contributed by atoms with Crippen LogP contribution in [0.5, 0.6) is 17.4 Å². The molecule has 3 aromatic heterocycles. The molecule has 1 atom stereocenters. The number of ether oxygens (including phenoxy) is 2. The van der Waals surface area contributed by atoms with Gasteiger partial charge in [0.15, 0.2) is 5.75 Å². The number of aromatic nitrogens is 3. The topological polar surface area (TPSA) is 208 Å². The van der Waals surface area contributed by atoms with Crippen LogP contribution in [0.2, 0.25) is 0 Å². The molecule has 70 heavy (non-hydrogen) atoms. The Morgan fingerprint density at radius 1 is 1.04 bits per heavy atom. The number of carbonyl (C=O) groups is 1. The van der Waals surface area contributed by atoms with Crippen LogP contribution in [0.4, 0.5) is 21.6 Å². The average Bonchev–Trinajstić information content (AvgIpc) is 3.68. The number of aliphatic hydroxyl groups is 1. The van der Waals surface area contributed by atoms with Gasteiger partial charge in [0.2, 0.25) is 5.82 Å². The lowest BCUT2D eigenvalue weighted by molar-refractivity contribution is -0.384. The summed E-state index contributed by atoms with van der Waals surface area (Å²) in [4.78, 5) is 43.8. The number of nitrogens with zero attached hydrogens (tertiary/aromatic N) is 6. The summed E-state index contributed by atoms with van der Waals surface area (Å²) in [5, 5.41) is 25.6. The highest BCUT2D eigenvalue weighted by Gasteiger charge is 2.50. The van der Waals surface area contributed by atoms with E-state index in [1.165, 1.54) is 23.3 Å². The van der Waals surface area contributed by atoms with E-state index in [-0.39, 0.29) is 57.7 Å². The number of H-pyrrole nitrogens is 1. The first-order valence-electron chi connectivity index (χ1n) is 24.5. The number of sulfonamides is 1. The summed E-state index contributed by atoms with van der Waals surface area (Å²) < 4.78 is 56.9. The second-order valence-corrected chi connectivity index (χ2v) is 22.1. The molecule has 2 aromatic carbocycles. The molecule has 2 saturated heterocycles. The van der Waals surface area contributed by atoms with Crippen molar-refractivity contribution in [1.29, 1.82) is 0 Å². The van der Waals surface area contributed by atoms with Crippen molar-refractivity contribution in [3.8, 4) is 17.4 Å². The molecular weight excluding hydrogens is 918 g/mol. The molecule has 2 aliphatic heterocycles. The van der Waals surface area contributed by atoms with Crippen molar-refractivity contribution in [3.63, 3.8) is 0 Å². The summed E-state index contributed by atoms with van der Waals surface area (Å²) in [6, 6.07) is 16.9. The third kappa shape index (κ3) is 10.3. The number of likely N-dealkylation sites (N-methyl/N-ethyl adjacent to an activating group) is 1. The Hall–Kier alpha value is -5.89. The Labute approximate surface area is 408 Å². The van der Waals surface area contributed by atoms with Gasteiger partial charge in [-0.05, 0) is 113 Å². The van der Waals surface area contributed by atoms with Crippen molar-refractivity contribution in [2.24, 2.45) is 11.3 Å². The number of nitrogens with one attached hydrogen (secondary N) is 3. The molecule has 17 nitrogen and oxygen atoms in total. The summed E-state index contributed by atoms with van der Waals surface area (Å²) in [6.45, 7) is 13.2. The zero-order chi connectivity index (χ0) is 49.5. The predicted octanol–water partition coefficient (Wildman–Crippen LogP) is 8.53. The number of carbonyl (C=O) groups excluding carboxylic acids is 1. The predicted molar refractivity (Wildman–Crippen MR) is 265 cm³/mol. The number of halogens is 1. The van der Waals surface area contributed by atoms with Gasteiger partial charge in [-0.1, -0.05) is 38.1 Å². The van der Waals surface area contributed by atoms with Crippen LogP contribution in [0.1, 0.15) is 113 Å². The number of hydrogen-bond donors (Lipinski definition) is 4. The van der Waals surface area contributed by atoms with E-state index in [0.29, 0.717) is 50.2 Å². The molecule has 5 heterocycles. The molecule has 2 aliphatic carbocycles. The summed E-state index contributed by atoms with van der Waals surface area (Å²) >= 11 is 0. The first kappa shape index (κ1) is 49.1. The number of nitro groups is 1. The second-order valence-electron chi connectivity index (χ2n) is 20.4. The highest BCUT2D eigenvalue weighted by atomic mass is 32.2. The number of amides is 1. The minimum atomic E-state index is -4.73. The average molecular weight is 982 g/mol. The van der Waals surface area contributed by atoms with Gasteiger partial charge in [0.05, 0.1) is 34.3 Å². The number of piperidine rings is 1. The lowest BCUT2D eigenvalue weighted by atomic mass is 9.59. The molecule has 1 spiro atoms. The van der Waals surface area contributed by atoms with E-state index in [1.54, 1.807) is 26.0 Å². The fourth-order valence-electron chi connectivity index (χ4n) is 11.0. The second kappa shape index (κ2) is 19.7. The molecule has 4 N–H and O–H groups in total. The number of fused-ring (bicyclic) bond motifs is 1. The summed E-state index contributed by atoms with van der Waals surface area (Å²) in [5.41, 5.74) is 2.53. The lowest BCUT2D eigenvalue weighted by Crippen LogP contribution is -2.59. The number of anilines is 2. The maximum Gasteiger partial charge on any atom is 0.312 e. The number of benzene rings is 2. The third-order valence-electron chi connectivity index (χ3n) is 15.2. The van der Waals surface area contributed by atoms with Gasteiger partial charge in [0.25, 0.3) is 21.8 Å². The van der Waals surface area contributed by atoms with Crippen molar-refractivity contribution in [1.82, 2.24) is 29.5 Å². The molecule has 9 rings (SSSR count). The third-order valence-corrected chi connectivity index (χ3v) is 16.5.